The number of benzene rings is 2. The van der Waals surface area contributed by atoms with Gasteiger partial charge in [0.1, 0.15) is 0 Å². The first-order chi connectivity index (χ1) is 13.5. The van der Waals surface area contributed by atoms with Crippen LogP contribution in [0, 0.1) is 5.92 Å². The summed E-state index contributed by atoms with van der Waals surface area (Å²) >= 11 is 0. The highest BCUT2D eigenvalue weighted by Crippen LogP contribution is 2.28. The lowest BCUT2D eigenvalue weighted by Crippen LogP contribution is -2.38. The molecule has 5 heteroatoms. The molecule has 1 aliphatic rings. The van der Waals surface area contributed by atoms with Crippen LogP contribution in [-0.2, 0) is 16.0 Å². The molecule has 1 saturated heterocycles. The van der Waals surface area contributed by atoms with Gasteiger partial charge in [-0.3, -0.25) is 9.59 Å². The van der Waals surface area contributed by atoms with Crippen LogP contribution in [0.3, 0.4) is 0 Å². The summed E-state index contributed by atoms with van der Waals surface area (Å²) in [6, 6.07) is 18.2. The maximum atomic E-state index is 12.8. The van der Waals surface area contributed by atoms with E-state index >= 15 is 0 Å². The SMILES string of the molecule is CCc1ccccc1N1CC(C(=O)NCC(c2ccccc2)N(C)C)CC1=O. The van der Waals surface area contributed by atoms with Gasteiger partial charge in [-0.15, -0.1) is 0 Å². The van der Waals surface area contributed by atoms with Gasteiger partial charge >= 0.3 is 0 Å². The van der Waals surface area contributed by atoms with E-state index in [1.165, 1.54) is 0 Å². The molecule has 2 aromatic carbocycles. The van der Waals surface area contributed by atoms with Gasteiger partial charge in [0.15, 0.2) is 0 Å². The number of likely N-dealkylation sites (N-methyl/N-ethyl adjacent to an activating group) is 1. The summed E-state index contributed by atoms with van der Waals surface area (Å²) in [6.07, 6.45) is 1.13. The smallest absolute Gasteiger partial charge is 0.227 e. The number of aryl methyl sites for hydroxylation is 1. The van der Waals surface area contributed by atoms with Crippen molar-refractivity contribution in [1.82, 2.24) is 10.2 Å². The quantitative estimate of drug-likeness (QED) is 0.805. The fraction of sp³-hybridized carbons (Fsp3) is 0.391. The van der Waals surface area contributed by atoms with Crippen LogP contribution in [0.1, 0.15) is 30.5 Å². The van der Waals surface area contributed by atoms with E-state index < -0.39 is 0 Å². The highest BCUT2D eigenvalue weighted by molar-refractivity contribution is 6.00. The maximum Gasteiger partial charge on any atom is 0.227 e. The number of carbonyl (C=O) groups is 2. The number of nitrogens with zero attached hydrogens (tertiary/aromatic N) is 2. The fourth-order valence-corrected chi connectivity index (χ4v) is 3.80. The molecule has 0 bridgehead atoms. The molecular weight excluding hydrogens is 350 g/mol. The van der Waals surface area contributed by atoms with Crippen LogP contribution in [0.25, 0.3) is 0 Å². The van der Waals surface area contributed by atoms with E-state index in [0.717, 1.165) is 23.2 Å². The summed E-state index contributed by atoms with van der Waals surface area (Å²) in [6.45, 7) is 3.04. The van der Waals surface area contributed by atoms with E-state index in [-0.39, 0.29) is 30.2 Å². The first-order valence-electron chi connectivity index (χ1n) is 9.88. The molecule has 1 aliphatic heterocycles. The van der Waals surface area contributed by atoms with Crippen molar-refractivity contribution in [2.24, 2.45) is 5.92 Å². The number of nitrogens with one attached hydrogen (secondary N) is 1. The van der Waals surface area contributed by atoms with Crippen LogP contribution in [0.15, 0.2) is 54.6 Å². The molecule has 0 radical (unpaired) electrons. The van der Waals surface area contributed by atoms with E-state index in [4.69, 9.17) is 0 Å². The molecule has 2 unspecified atom stereocenters. The molecule has 148 valence electrons. The Morgan fingerprint density at radius 3 is 2.50 bits per heavy atom. The van der Waals surface area contributed by atoms with Crippen molar-refractivity contribution >= 4 is 17.5 Å². The van der Waals surface area contributed by atoms with Crippen LogP contribution in [0.2, 0.25) is 0 Å². The predicted octanol–water partition coefficient (Wildman–Crippen LogP) is 3.02. The summed E-state index contributed by atoms with van der Waals surface area (Å²) in [4.78, 5) is 29.2. The zero-order valence-electron chi connectivity index (χ0n) is 16.9. The molecule has 2 atom stereocenters. The molecule has 28 heavy (non-hydrogen) atoms. The minimum absolute atomic E-state index is 0.0215. The normalized spacial score (nSPS) is 17.8. The molecule has 2 amide bonds. The first-order valence-corrected chi connectivity index (χ1v) is 9.88. The Labute approximate surface area is 167 Å². The van der Waals surface area contributed by atoms with Crippen molar-refractivity contribution in [2.75, 3.05) is 32.1 Å². The van der Waals surface area contributed by atoms with Gasteiger partial charge < -0.3 is 15.1 Å². The van der Waals surface area contributed by atoms with E-state index in [2.05, 4.69) is 29.3 Å². The second-order valence-corrected chi connectivity index (χ2v) is 7.52. The van der Waals surface area contributed by atoms with Crippen molar-refractivity contribution in [3.05, 3.63) is 65.7 Å². The predicted molar refractivity (Wildman–Crippen MR) is 112 cm³/mol. The first kappa shape index (κ1) is 20.1. The molecule has 0 aliphatic carbocycles. The fourth-order valence-electron chi connectivity index (χ4n) is 3.80. The van der Waals surface area contributed by atoms with E-state index in [0.29, 0.717) is 13.1 Å². The lowest BCUT2D eigenvalue weighted by molar-refractivity contribution is -0.126. The molecule has 1 heterocycles. The van der Waals surface area contributed by atoms with Gasteiger partial charge in [0.25, 0.3) is 0 Å². The number of rotatable bonds is 7. The Balaban J connectivity index is 1.64. The van der Waals surface area contributed by atoms with E-state index in [9.17, 15) is 9.59 Å². The van der Waals surface area contributed by atoms with Crippen LogP contribution >= 0.6 is 0 Å². The van der Waals surface area contributed by atoms with Crippen molar-refractivity contribution in [3.63, 3.8) is 0 Å². The Hall–Kier alpha value is -2.66. The Bertz CT molecular complexity index is 820. The van der Waals surface area contributed by atoms with E-state index in [1.807, 2.05) is 56.6 Å². The number of para-hydroxylation sites is 1. The molecule has 3 rings (SSSR count). The molecule has 0 spiro atoms. The Morgan fingerprint density at radius 2 is 1.82 bits per heavy atom. The number of amides is 2. The van der Waals surface area contributed by atoms with Crippen LogP contribution in [0.4, 0.5) is 5.69 Å². The van der Waals surface area contributed by atoms with Crippen molar-refractivity contribution in [2.45, 2.75) is 25.8 Å². The van der Waals surface area contributed by atoms with Crippen molar-refractivity contribution < 1.29 is 9.59 Å². The summed E-state index contributed by atoms with van der Waals surface area (Å²) in [5, 5.41) is 3.07. The summed E-state index contributed by atoms with van der Waals surface area (Å²) in [5.41, 5.74) is 3.23. The van der Waals surface area contributed by atoms with Gasteiger partial charge in [-0.05, 0) is 37.7 Å². The topological polar surface area (TPSA) is 52.7 Å². The zero-order valence-corrected chi connectivity index (χ0v) is 16.9. The number of carbonyl (C=O) groups excluding carboxylic acids is 2. The molecule has 2 aromatic rings. The lowest BCUT2D eigenvalue weighted by Gasteiger charge is -2.25. The Kier molecular flexibility index (Phi) is 6.47. The third-order valence-corrected chi connectivity index (χ3v) is 5.44. The number of anilines is 1. The molecule has 1 fully saturated rings. The third kappa shape index (κ3) is 4.42. The van der Waals surface area contributed by atoms with Gasteiger partial charge in [-0.1, -0.05) is 55.5 Å². The van der Waals surface area contributed by atoms with Gasteiger partial charge in [0, 0.05) is 25.2 Å². The minimum Gasteiger partial charge on any atom is -0.354 e. The van der Waals surface area contributed by atoms with Crippen LogP contribution in [-0.4, -0.2) is 43.9 Å². The minimum atomic E-state index is -0.309. The second-order valence-electron chi connectivity index (χ2n) is 7.52. The van der Waals surface area contributed by atoms with Gasteiger partial charge in [0.05, 0.1) is 12.0 Å². The van der Waals surface area contributed by atoms with Crippen molar-refractivity contribution in [1.29, 1.82) is 0 Å². The average molecular weight is 380 g/mol. The highest BCUT2D eigenvalue weighted by Gasteiger charge is 2.35. The highest BCUT2D eigenvalue weighted by atomic mass is 16.2. The van der Waals surface area contributed by atoms with Crippen molar-refractivity contribution in [3.8, 4) is 0 Å². The molecular formula is C23H29N3O2. The number of hydrogen-bond donors (Lipinski definition) is 1. The largest absolute Gasteiger partial charge is 0.354 e. The van der Waals surface area contributed by atoms with E-state index in [1.54, 1.807) is 4.90 Å². The number of hydrogen-bond acceptors (Lipinski definition) is 3. The third-order valence-electron chi connectivity index (χ3n) is 5.44. The molecule has 5 nitrogen and oxygen atoms in total. The van der Waals surface area contributed by atoms with Gasteiger partial charge in [0.2, 0.25) is 11.8 Å². The van der Waals surface area contributed by atoms with Crippen LogP contribution < -0.4 is 10.2 Å². The molecule has 0 aromatic heterocycles. The van der Waals surface area contributed by atoms with Gasteiger partial charge in [-0.2, -0.15) is 0 Å². The zero-order chi connectivity index (χ0) is 20.1. The standard InChI is InChI=1S/C23H29N3O2/c1-4-17-10-8-9-13-20(17)26-16-19(14-22(26)27)23(28)24-15-21(25(2)3)18-11-6-5-7-12-18/h5-13,19,21H,4,14-16H2,1-3H3,(H,24,28). The maximum absolute atomic E-state index is 12.8. The molecule has 0 saturated carbocycles. The average Bonchev–Trinajstić information content (AvgIpc) is 3.10. The second kappa shape index (κ2) is 9.02. The lowest BCUT2D eigenvalue weighted by atomic mass is 10.0. The molecule has 1 N–H and O–H groups in total. The van der Waals surface area contributed by atoms with Gasteiger partial charge in [-0.25, -0.2) is 0 Å². The monoisotopic (exact) mass is 379 g/mol. The Morgan fingerprint density at radius 1 is 1.14 bits per heavy atom. The van der Waals surface area contributed by atoms with Crippen LogP contribution in [0.5, 0.6) is 0 Å². The summed E-state index contributed by atoms with van der Waals surface area (Å²) in [7, 11) is 4.01. The summed E-state index contributed by atoms with van der Waals surface area (Å²) in [5.74, 6) is -0.336. The summed E-state index contributed by atoms with van der Waals surface area (Å²) < 4.78 is 0.